The Morgan fingerprint density at radius 1 is 0.947 bits per heavy atom. The summed E-state index contributed by atoms with van der Waals surface area (Å²) in [6, 6.07) is 16.6. The monoisotopic (exact) mass is 532 g/mol. The molecular formula is C29H32N4O4S. The molecule has 1 aromatic heterocycles. The van der Waals surface area contributed by atoms with E-state index in [4.69, 9.17) is 0 Å². The van der Waals surface area contributed by atoms with Gasteiger partial charge in [0.25, 0.3) is 11.6 Å². The number of fused-ring (bicyclic) bond motifs is 1. The van der Waals surface area contributed by atoms with Crippen molar-refractivity contribution in [2.45, 2.75) is 32.2 Å². The van der Waals surface area contributed by atoms with Crippen molar-refractivity contribution in [1.82, 2.24) is 14.7 Å². The summed E-state index contributed by atoms with van der Waals surface area (Å²) in [5.41, 5.74) is 4.31. The summed E-state index contributed by atoms with van der Waals surface area (Å²) in [6.07, 6.45) is 2.16. The molecule has 2 aliphatic rings. The van der Waals surface area contributed by atoms with E-state index >= 15 is 0 Å². The van der Waals surface area contributed by atoms with Gasteiger partial charge in [0, 0.05) is 68.3 Å². The minimum Gasteiger partial charge on any atom is -0.341 e. The fourth-order valence-electron chi connectivity index (χ4n) is 5.54. The van der Waals surface area contributed by atoms with E-state index in [0.29, 0.717) is 51.1 Å². The van der Waals surface area contributed by atoms with Crippen LogP contribution < -0.4 is 0 Å². The van der Waals surface area contributed by atoms with E-state index in [9.17, 15) is 19.7 Å². The Kier molecular flexibility index (Phi) is 7.85. The van der Waals surface area contributed by atoms with Crippen LogP contribution in [-0.2, 0) is 11.2 Å². The summed E-state index contributed by atoms with van der Waals surface area (Å²) in [6.45, 7) is 5.90. The average Bonchev–Trinajstić information content (AvgIpc) is 3.27. The number of nitro benzene ring substituents is 1. The predicted molar refractivity (Wildman–Crippen MR) is 147 cm³/mol. The molecule has 1 saturated heterocycles. The van der Waals surface area contributed by atoms with Crippen LogP contribution in [0.2, 0.25) is 0 Å². The Morgan fingerprint density at radius 3 is 2.45 bits per heavy atom. The zero-order valence-corrected chi connectivity index (χ0v) is 22.4. The maximum atomic E-state index is 13.3. The maximum absolute atomic E-state index is 13.3. The molecule has 2 aromatic carbocycles. The van der Waals surface area contributed by atoms with Crippen molar-refractivity contribution in [1.29, 1.82) is 0 Å². The topological polar surface area (TPSA) is 87.0 Å². The van der Waals surface area contributed by atoms with Gasteiger partial charge in [-0.1, -0.05) is 24.3 Å². The number of non-ortho nitro benzene ring substituents is 1. The molecule has 0 saturated carbocycles. The fourth-order valence-corrected chi connectivity index (χ4v) is 6.45. The third-order valence-electron chi connectivity index (χ3n) is 7.62. The maximum Gasteiger partial charge on any atom is 0.269 e. The first-order valence-electron chi connectivity index (χ1n) is 13.1. The second-order valence-corrected chi connectivity index (χ2v) is 10.9. The van der Waals surface area contributed by atoms with Crippen LogP contribution in [0.15, 0.2) is 60.0 Å². The van der Waals surface area contributed by atoms with Gasteiger partial charge in [-0.2, -0.15) is 0 Å². The zero-order chi connectivity index (χ0) is 26.6. The normalized spacial score (nSPS) is 18.1. The van der Waals surface area contributed by atoms with E-state index in [-0.39, 0.29) is 23.5 Å². The summed E-state index contributed by atoms with van der Waals surface area (Å²) in [7, 11) is 0. The molecule has 2 amide bonds. The van der Waals surface area contributed by atoms with Crippen molar-refractivity contribution in [2.24, 2.45) is 0 Å². The molecule has 1 atom stereocenters. The molecule has 1 fully saturated rings. The highest BCUT2D eigenvalue weighted by Crippen LogP contribution is 2.38. The van der Waals surface area contributed by atoms with Crippen LogP contribution in [0.25, 0.3) is 0 Å². The van der Waals surface area contributed by atoms with Gasteiger partial charge in [-0.15, -0.1) is 11.3 Å². The van der Waals surface area contributed by atoms with E-state index in [1.54, 1.807) is 4.90 Å². The van der Waals surface area contributed by atoms with Crippen molar-refractivity contribution in [3.63, 3.8) is 0 Å². The Bertz CT molecular complexity index is 1320. The first kappa shape index (κ1) is 26.1. The molecule has 0 unspecified atom stereocenters. The third-order valence-corrected chi connectivity index (χ3v) is 8.62. The molecule has 3 aromatic rings. The molecule has 9 heteroatoms. The number of nitrogens with zero attached hydrogens (tertiary/aromatic N) is 4. The van der Waals surface area contributed by atoms with Gasteiger partial charge in [-0.25, -0.2) is 0 Å². The second-order valence-electron chi connectivity index (χ2n) is 9.92. The number of amides is 2. The van der Waals surface area contributed by atoms with E-state index in [2.05, 4.69) is 47.5 Å². The molecule has 5 rings (SSSR count). The van der Waals surface area contributed by atoms with E-state index in [1.165, 1.54) is 45.8 Å². The lowest BCUT2D eigenvalue weighted by Crippen LogP contribution is -2.41. The first-order valence-corrected chi connectivity index (χ1v) is 14.0. The number of carbonyl (C=O) groups excluding carboxylic acids is 2. The highest BCUT2D eigenvalue weighted by molar-refractivity contribution is 7.10. The predicted octanol–water partition coefficient (Wildman–Crippen LogP) is 4.68. The summed E-state index contributed by atoms with van der Waals surface area (Å²) in [5.74, 6) is -0.0376. The minimum atomic E-state index is -0.476. The lowest BCUT2D eigenvalue weighted by atomic mass is 9.90. The number of thiophene rings is 1. The Morgan fingerprint density at radius 2 is 1.68 bits per heavy atom. The van der Waals surface area contributed by atoms with Crippen molar-refractivity contribution in [3.05, 3.63) is 97.2 Å². The van der Waals surface area contributed by atoms with Crippen LogP contribution >= 0.6 is 11.3 Å². The van der Waals surface area contributed by atoms with Gasteiger partial charge >= 0.3 is 0 Å². The molecule has 2 aliphatic heterocycles. The smallest absolute Gasteiger partial charge is 0.269 e. The number of hydrogen-bond acceptors (Lipinski definition) is 6. The number of rotatable bonds is 6. The second kappa shape index (κ2) is 11.4. The Labute approximate surface area is 226 Å². The standard InChI is InChI=1S/C29H32N4O4S/c1-21-5-2-3-6-24(21)28-25-13-20-38-26(25)11-16-31(28)17-12-27(34)30-14-4-15-32(19-18-30)29(35)22-7-9-23(10-8-22)33(36)37/h2-3,5-10,13,20,28H,4,11-12,14-19H2,1H3/t28-/m0/s1. The molecule has 0 radical (unpaired) electrons. The molecule has 0 bridgehead atoms. The van der Waals surface area contributed by atoms with Gasteiger partial charge in [0.15, 0.2) is 0 Å². The SMILES string of the molecule is Cc1ccccc1[C@H]1c2ccsc2CCN1CCC(=O)N1CCCN(C(=O)c2ccc([N+](=O)[O-])cc2)CC1. The van der Waals surface area contributed by atoms with Gasteiger partial charge in [0.05, 0.1) is 11.0 Å². The molecule has 3 heterocycles. The Balaban J connectivity index is 1.20. The quantitative estimate of drug-likeness (QED) is 0.340. The summed E-state index contributed by atoms with van der Waals surface area (Å²) < 4.78 is 0. The van der Waals surface area contributed by atoms with Gasteiger partial charge in [0.1, 0.15) is 0 Å². The van der Waals surface area contributed by atoms with Crippen molar-refractivity contribution < 1.29 is 14.5 Å². The van der Waals surface area contributed by atoms with Crippen molar-refractivity contribution in [2.75, 3.05) is 39.3 Å². The highest BCUT2D eigenvalue weighted by atomic mass is 32.1. The fraction of sp³-hybridized carbons (Fsp3) is 0.379. The molecule has 0 N–H and O–H groups in total. The van der Waals surface area contributed by atoms with Gasteiger partial charge in [-0.3, -0.25) is 24.6 Å². The number of aryl methyl sites for hydroxylation is 1. The molecule has 198 valence electrons. The van der Waals surface area contributed by atoms with Crippen LogP contribution in [0.5, 0.6) is 0 Å². The summed E-state index contributed by atoms with van der Waals surface area (Å²) >= 11 is 1.82. The van der Waals surface area contributed by atoms with Crippen LogP contribution in [-0.4, -0.2) is 70.7 Å². The molecule has 0 aliphatic carbocycles. The van der Waals surface area contributed by atoms with Crippen molar-refractivity contribution >= 4 is 28.8 Å². The Hall–Kier alpha value is -3.56. The molecule has 38 heavy (non-hydrogen) atoms. The number of benzene rings is 2. The average molecular weight is 533 g/mol. The number of nitro groups is 1. The van der Waals surface area contributed by atoms with E-state index in [0.717, 1.165) is 13.0 Å². The van der Waals surface area contributed by atoms with Gasteiger partial charge in [0.2, 0.25) is 5.91 Å². The summed E-state index contributed by atoms with van der Waals surface area (Å²) in [5, 5.41) is 13.1. The zero-order valence-electron chi connectivity index (χ0n) is 21.5. The summed E-state index contributed by atoms with van der Waals surface area (Å²) in [4.78, 5) is 44.2. The largest absolute Gasteiger partial charge is 0.341 e. The van der Waals surface area contributed by atoms with Gasteiger partial charge in [-0.05, 0) is 60.0 Å². The number of hydrogen-bond donors (Lipinski definition) is 0. The molecule has 0 spiro atoms. The van der Waals surface area contributed by atoms with E-state index < -0.39 is 4.92 Å². The van der Waals surface area contributed by atoms with Crippen LogP contribution in [0.4, 0.5) is 5.69 Å². The van der Waals surface area contributed by atoms with E-state index in [1.807, 2.05) is 16.2 Å². The lowest BCUT2D eigenvalue weighted by molar-refractivity contribution is -0.384. The van der Waals surface area contributed by atoms with Crippen LogP contribution in [0.3, 0.4) is 0 Å². The third kappa shape index (κ3) is 5.49. The van der Waals surface area contributed by atoms with Gasteiger partial charge < -0.3 is 9.80 Å². The lowest BCUT2D eigenvalue weighted by Gasteiger charge is -2.37. The van der Waals surface area contributed by atoms with Crippen LogP contribution in [0.1, 0.15) is 50.8 Å². The first-order chi connectivity index (χ1) is 18.4. The number of carbonyl (C=O) groups is 2. The molecular weight excluding hydrogens is 500 g/mol. The van der Waals surface area contributed by atoms with Crippen LogP contribution in [0, 0.1) is 17.0 Å². The van der Waals surface area contributed by atoms with Crippen molar-refractivity contribution in [3.8, 4) is 0 Å². The minimum absolute atomic E-state index is 0.0391. The molecule has 8 nitrogen and oxygen atoms in total. The highest BCUT2D eigenvalue weighted by Gasteiger charge is 2.31.